The summed E-state index contributed by atoms with van der Waals surface area (Å²) in [6, 6.07) is 6.15. The van der Waals surface area contributed by atoms with Crippen LogP contribution in [0.2, 0.25) is 0 Å². The molecule has 1 atom stereocenters. The average Bonchev–Trinajstić information content (AvgIpc) is 3.05. The summed E-state index contributed by atoms with van der Waals surface area (Å²) in [5.74, 6) is 1.86. The van der Waals surface area contributed by atoms with Crippen LogP contribution in [0.1, 0.15) is 55.8 Å². The van der Waals surface area contributed by atoms with E-state index >= 15 is 0 Å². The van der Waals surface area contributed by atoms with E-state index in [1.165, 1.54) is 37.7 Å². The zero-order valence-electron chi connectivity index (χ0n) is 10.9. The SMILES string of the molecule is OC(CCC1CCCC1)c1ccc2c(c1)CCO2. The Morgan fingerprint density at radius 3 is 2.94 bits per heavy atom. The molecule has 2 nitrogen and oxygen atoms in total. The van der Waals surface area contributed by atoms with Gasteiger partial charge in [0.25, 0.3) is 0 Å². The Morgan fingerprint density at radius 2 is 2.11 bits per heavy atom. The van der Waals surface area contributed by atoms with Crippen LogP contribution >= 0.6 is 0 Å². The zero-order chi connectivity index (χ0) is 12.4. The van der Waals surface area contributed by atoms with Crippen LogP contribution in [0, 0.1) is 5.92 Å². The molecule has 1 unspecified atom stereocenters. The minimum absolute atomic E-state index is 0.295. The highest BCUT2D eigenvalue weighted by atomic mass is 16.5. The minimum Gasteiger partial charge on any atom is -0.493 e. The molecule has 0 spiro atoms. The van der Waals surface area contributed by atoms with Crippen molar-refractivity contribution in [3.63, 3.8) is 0 Å². The van der Waals surface area contributed by atoms with Crippen LogP contribution in [0.4, 0.5) is 0 Å². The van der Waals surface area contributed by atoms with Gasteiger partial charge in [-0.2, -0.15) is 0 Å². The van der Waals surface area contributed by atoms with E-state index in [0.717, 1.165) is 36.7 Å². The summed E-state index contributed by atoms with van der Waals surface area (Å²) in [6.45, 7) is 0.789. The van der Waals surface area contributed by atoms with Crippen molar-refractivity contribution in [1.29, 1.82) is 0 Å². The first-order valence-electron chi connectivity index (χ1n) is 7.26. The zero-order valence-corrected chi connectivity index (χ0v) is 10.9. The summed E-state index contributed by atoms with van der Waals surface area (Å²) in [6.07, 6.45) is 8.28. The molecule has 1 aliphatic carbocycles. The Hall–Kier alpha value is -1.02. The Bertz CT molecular complexity index is 408. The number of ether oxygens (including phenoxy) is 1. The molecule has 0 aromatic heterocycles. The first kappa shape index (κ1) is 12.0. The lowest BCUT2D eigenvalue weighted by atomic mass is 9.95. The van der Waals surface area contributed by atoms with Gasteiger partial charge in [-0.1, -0.05) is 31.7 Å². The van der Waals surface area contributed by atoms with Crippen molar-refractivity contribution in [2.75, 3.05) is 6.61 Å². The molecule has 2 aliphatic rings. The van der Waals surface area contributed by atoms with E-state index < -0.39 is 0 Å². The molecule has 1 N–H and O–H groups in total. The molecule has 0 saturated heterocycles. The molecular formula is C16H22O2. The van der Waals surface area contributed by atoms with E-state index in [1.807, 2.05) is 12.1 Å². The second-order valence-corrected chi connectivity index (χ2v) is 5.71. The van der Waals surface area contributed by atoms with Crippen molar-refractivity contribution in [3.05, 3.63) is 29.3 Å². The van der Waals surface area contributed by atoms with Gasteiger partial charge in [-0.05, 0) is 42.0 Å². The fourth-order valence-corrected chi connectivity index (χ4v) is 3.27. The Morgan fingerprint density at radius 1 is 1.28 bits per heavy atom. The van der Waals surface area contributed by atoms with Crippen molar-refractivity contribution in [1.82, 2.24) is 0 Å². The monoisotopic (exact) mass is 246 g/mol. The molecule has 0 bridgehead atoms. The highest BCUT2D eigenvalue weighted by Crippen LogP contribution is 2.33. The molecule has 0 radical (unpaired) electrons. The van der Waals surface area contributed by atoms with Gasteiger partial charge < -0.3 is 9.84 Å². The van der Waals surface area contributed by atoms with Crippen LogP contribution in [0.5, 0.6) is 5.75 Å². The van der Waals surface area contributed by atoms with Gasteiger partial charge in [-0.15, -0.1) is 0 Å². The molecular weight excluding hydrogens is 224 g/mol. The predicted octanol–water partition coefficient (Wildman–Crippen LogP) is 3.63. The van der Waals surface area contributed by atoms with Gasteiger partial charge >= 0.3 is 0 Å². The smallest absolute Gasteiger partial charge is 0.122 e. The van der Waals surface area contributed by atoms with Gasteiger partial charge in [0.05, 0.1) is 12.7 Å². The lowest BCUT2D eigenvalue weighted by molar-refractivity contribution is 0.157. The number of aliphatic hydroxyl groups is 1. The number of hydrogen-bond donors (Lipinski definition) is 1. The molecule has 1 saturated carbocycles. The molecule has 1 aromatic carbocycles. The molecule has 98 valence electrons. The third-order valence-corrected chi connectivity index (χ3v) is 4.42. The standard InChI is InChI=1S/C16H22O2/c17-15(7-5-12-3-1-2-4-12)13-6-8-16-14(11-13)9-10-18-16/h6,8,11-12,15,17H,1-5,7,9-10H2. The molecule has 3 rings (SSSR count). The van der Waals surface area contributed by atoms with Crippen LogP contribution in [0.3, 0.4) is 0 Å². The average molecular weight is 246 g/mol. The van der Waals surface area contributed by atoms with Gasteiger partial charge in [-0.3, -0.25) is 0 Å². The highest BCUT2D eigenvalue weighted by molar-refractivity contribution is 5.40. The number of aliphatic hydroxyl groups excluding tert-OH is 1. The van der Waals surface area contributed by atoms with Gasteiger partial charge in [0.2, 0.25) is 0 Å². The van der Waals surface area contributed by atoms with E-state index in [4.69, 9.17) is 4.74 Å². The van der Waals surface area contributed by atoms with Crippen molar-refractivity contribution in [2.24, 2.45) is 5.92 Å². The van der Waals surface area contributed by atoms with E-state index in [9.17, 15) is 5.11 Å². The van der Waals surface area contributed by atoms with Crippen LogP contribution in [0.25, 0.3) is 0 Å². The molecule has 1 aromatic rings. The van der Waals surface area contributed by atoms with Crippen LogP contribution in [0.15, 0.2) is 18.2 Å². The maximum absolute atomic E-state index is 10.3. The normalized spacial score (nSPS) is 20.7. The Kier molecular flexibility index (Phi) is 3.55. The van der Waals surface area contributed by atoms with E-state index in [0.29, 0.717) is 0 Å². The third kappa shape index (κ3) is 2.54. The second kappa shape index (κ2) is 5.31. The first-order chi connectivity index (χ1) is 8.83. The second-order valence-electron chi connectivity index (χ2n) is 5.71. The maximum Gasteiger partial charge on any atom is 0.122 e. The lowest BCUT2D eigenvalue weighted by Crippen LogP contribution is -2.02. The van der Waals surface area contributed by atoms with Crippen LogP contribution in [-0.4, -0.2) is 11.7 Å². The van der Waals surface area contributed by atoms with E-state index in [-0.39, 0.29) is 6.10 Å². The van der Waals surface area contributed by atoms with Gasteiger partial charge in [-0.25, -0.2) is 0 Å². The maximum atomic E-state index is 10.3. The topological polar surface area (TPSA) is 29.5 Å². The summed E-state index contributed by atoms with van der Waals surface area (Å²) >= 11 is 0. The third-order valence-electron chi connectivity index (χ3n) is 4.42. The summed E-state index contributed by atoms with van der Waals surface area (Å²) in [4.78, 5) is 0. The van der Waals surface area contributed by atoms with Crippen molar-refractivity contribution >= 4 is 0 Å². The van der Waals surface area contributed by atoms with Gasteiger partial charge in [0.1, 0.15) is 5.75 Å². The van der Waals surface area contributed by atoms with E-state index in [2.05, 4.69) is 6.07 Å². The molecule has 1 aliphatic heterocycles. The molecule has 0 amide bonds. The molecule has 2 heteroatoms. The number of hydrogen-bond acceptors (Lipinski definition) is 2. The summed E-state index contributed by atoms with van der Waals surface area (Å²) < 4.78 is 5.49. The fourth-order valence-electron chi connectivity index (χ4n) is 3.27. The summed E-state index contributed by atoms with van der Waals surface area (Å²) in [5.41, 5.74) is 2.32. The quantitative estimate of drug-likeness (QED) is 0.879. The summed E-state index contributed by atoms with van der Waals surface area (Å²) in [7, 11) is 0. The van der Waals surface area contributed by atoms with Crippen molar-refractivity contribution in [3.8, 4) is 5.75 Å². The number of fused-ring (bicyclic) bond motifs is 1. The molecule has 1 fully saturated rings. The fraction of sp³-hybridized carbons (Fsp3) is 0.625. The van der Waals surface area contributed by atoms with Crippen LogP contribution in [-0.2, 0) is 6.42 Å². The largest absolute Gasteiger partial charge is 0.493 e. The number of benzene rings is 1. The van der Waals surface area contributed by atoms with Gasteiger partial charge in [0.15, 0.2) is 0 Å². The highest BCUT2D eigenvalue weighted by Gasteiger charge is 2.19. The van der Waals surface area contributed by atoms with Crippen LogP contribution < -0.4 is 4.74 Å². The van der Waals surface area contributed by atoms with Gasteiger partial charge in [0, 0.05) is 6.42 Å². The molecule has 18 heavy (non-hydrogen) atoms. The minimum atomic E-state index is -0.295. The lowest BCUT2D eigenvalue weighted by Gasteiger charge is -2.15. The Balaban J connectivity index is 1.59. The number of rotatable bonds is 4. The van der Waals surface area contributed by atoms with Crippen molar-refractivity contribution < 1.29 is 9.84 Å². The predicted molar refractivity (Wildman–Crippen MR) is 71.8 cm³/mol. The summed E-state index contributed by atoms with van der Waals surface area (Å²) in [5, 5.41) is 10.3. The Labute approximate surface area is 109 Å². The van der Waals surface area contributed by atoms with E-state index in [1.54, 1.807) is 0 Å². The van der Waals surface area contributed by atoms with Crippen molar-refractivity contribution in [2.45, 2.75) is 51.0 Å². The first-order valence-corrected chi connectivity index (χ1v) is 7.26. The molecule has 1 heterocycles.